The number of esters is 1. The number of para-hydroxylation sites is 1. The number of nitrogens with zero attached hydrogens (tertiary/aromatic N) is 1. The molecular formula is C14H21NO3. The number of hydrogen-bond acceptors (Lipinski definition) is 4. The predicted octanol–water partition coefficient (Wildman–Crippen LogP) is 2.13. The fraction of sp³-hybridized carbons (Fsp3) is 0.500. The zero-order valence-corrected chi connectivity index (χ0v) is 11.2. The number of ether oxygens (including phenoxy) is 1. The van der Waals surface area contributed by atoms with Gasteiger partial charge in [0.1, 0.15) is 0 Å². The van der Waals surface area contributed by atoms with E-state index >= 15 is 0 Å². The highest BCUT2D eigenvalue weighted by Crippen LogP contribution is 2.27. The van der Waals surface area contributed by atoms with E-state index in [4.69, 9.17) is 4.74 Å². The largest absolute Gasteiger partial charge is 0.464 e. The molecule has 1 unspecified atom stereocenters. The van der Waals surface area contributed by atoms with Gasteiger partial charge in [-0.15, -0.1) is 0 Å². The van der Waals surface area contributed by atoms with Gasteiger partial charge in [0.15, 0.2) is 6.10 Å². The maximum absolute atomic E-state index is 11.6. The van der Waals surface area contributed by atoms with Gasteiger partial charge in [-0.25, -0.2) is 4.79 Å². The Labute approximate surface area is 108 Å². The summed E-state index contributed by atoms with van der Waals surface area (Å²) in [6.45, 7) is 7.71. The third kappa shape index (κ3) is 3.23. The summed E-state index contributed by atoms with van der Waals surface area (Å²) in [4.78, 5) is 13.7. The lowest BCUT2D eigenvalue weighted by atomic mass is 10.1. The quantitative estimate of drug-likeness (QED) is 0.787. The molecule has 0 radical (unpaired) electrons. The maximum atomic E-state index is 11.6. The van der Waals surface area contributed by atoms with Crippen molar-refractivity contribution in [2.45, 2.75) is 26.9 Å². The Bertz CT molecular complexity index is 388. The van der Waals surface area contributed by atoms with Crippen LogP contribution in [-0.4, -0.2) is 30.8 Å². The molecular weight excluding hydrogens is 230 g/mol. The SMILES string of the molecule is CCOC(=O)C(O)c1ccccc1N(CC)CC. The van der Waals surface area contributed by atoms with E-state index < -0.39 is 12.1 Å². The molecule has 0 amide bonds. The third-order valence-electron chi connectivity index (χ3n) is 2.85. The van der Waals surface area contributed by atoms with Crippen LogP contribution in [0.15, 0.2) is 24.3 Å². The van der Waals surface area contributed by atoms with Crippen LogP contribution in [0.4, 0.5) is 5.69 Å². The number of aliphatic hydroxyl groups is 1. The maximum Gasteiger partial charge on any atom is 0.339 e. The second-order valence-corrected chi connectivity index (χ2v) is 3.89. The molecule has 1 aromatic rings. The number of hydrogen-bond donors (Lipinski definition) is 1. The molecule has 0 aromatic heterocycles. The first-order valence-corrected chi connectivity index (χ1v) is 6.34. The predicted molar refractivity (Wildman–Crippen MR) is 71.6 cm³/mol. The molecule has 0 aliphatic heterocycles. The zero-order valence-electron chi connectivity index (χ0n) is 11.2. The zero-order chi connectivity index (χ0) is 13.5. The molecule has 0 bridgehead atoms. The average Bonchev–Trinajstić information content (AvgIpc) is 2.40. The second kappa shape index (κ2) is 7.01. The average molecular weight is 251 g/mol. The smallest absolute Gasteiger partial charge is 0.339 e. The lowest BCUT2D eigenvalue weighted by Crippen LogP contribution is -2.25. The lowest BCUT2D eigenvalue weighted by molar-refractivity contribution is -0.153. The molecule has 4 heteroatoms. The van der Waals surface area contributed by atoms with Crippen molar-refractivity contribution >= 4 is 11.7 Å². The van der Waals surface area contributed by atoms with Gasteiger partial charge in [0.25, 0.3) is 0 Å². The van der Waals surface area contributed by atoms with Crippen LogP contribution >= 0.6 is 0 Å². The minimum Gasteiger partial charge on any atom is -0.464 e. The Morgan fingerprint density at radius 1 is 1.28 bits per heavy atom. The van der Waals surface area contributed by atoms with Gasteiger partial charge in [-0.05, 0) is 26.8 Å². The van der Waals surface area contributed by atoms with E-state index in [0.29, 0.717) is 5.56 Å². The molecule has 0 aliphatic carbocycles. The summed E-state index contributed by atoms with van der Waals surface area (Å²) < 4.78 is 4.85. The molecule has 0 fully saturated rings. The Kier molecular flexibility index (Phi) is 5.65. The molecule has 0 aliphatic rings. The van der Waals surface area contributed by atoms with Gasteiger partial charge in [-0.2, -0.15) is 0 Å². The van der Waals surface area contributed by atoms with Gasteiger partial charge in [0.2, 0.25) is 0 Å². The highest BCUT2D eigenvalue weighted by atomic mass is 16.5. The summed E-state index contributed by atoms with van der Waals surface area (Å²) in [5, 5.41) is 10.0. The molecule has 1 atom stereocenters. The summed E-state index contributed by atoms with van der Waals surface area (Å²) in [5.41, 5.74) is 1.47. The van der Waals surface area contributed by atoms with Crippen LogP contribution in [0.5, 0.6) is 0 Å². The van der Waals surface area contributed by atoms with Gasteiger partial charge >= 0.3 is 5.97 Å². The van der Waals surface area contributed by atoms with Gasteiger partial charge in [0, 0.05) is 24.3 Å². The van der Waals surface area contributed by atoms with Crippen LogP contribution in [0.2, 0.25) is 0 Å². The van der Waals surface area contributed by atoms with Crippen LogP contribution in [0.1, 0.15) is 32.4 Å². The Morgan fingerprint density at radius 2 is 1.89 bits per heavy atom. The van der Waals surface area contributed by atoms with Crippen molar-refractivity contribution in [3.8, 4) is 0 Å². The number of aliphatic hydroxyl groups excluding tert-OH is 1. The molecule has 4 nitrogen and oxygen atoms in total. The second-order valence-electron chi connectivity index (χ2n) is 3.89. The molecule has 1 N–H and O–H groups in total. The van der Waals surface area contributed by atoms with Gasteiger partial charge in [-0.1, -0.05) is 18.2 Å². The minimum atomic E-state index is -1.22. The van der Waals surface area contributed by atoms with Crippen molar-refractivity contribution in [2.24, 2.45) is 0 Å². The van der Waals surface area contributed by atoms with Crippen LogP contribution < -0.4 is 4.90 Å². The van der Waals surface area contributed by atoms with Crippen molar-refractivity contribution in [2.75, 3.05) is 24.6 Å². The summed E-state index contributed by atoms with van der Waals surface area (Å²) in [6.07, 6.45) is -1.22. The van der Waals surface area contributed by atoms with Gasteiger partial charge in [0.05, 0.1) is 6.61 Å². The molecule has 1 rings (SSSR count). The van der Waals surface area contributed by atoms with Crippen molar-refractivity contribution in [3.05, 3.63) is 29.8 Å². The summed E-state index contributed by atoms with van der Waals surface area (Å²) in [6, 6.07) is 7.37. The van der Waals surface area contributed by atoms with Crippen molar-refractivity contribution in [3.63, 3.8) is 0 Å². The molecule has 0 spiro atoms. The Hall–Kier alpha value is -1.55. The van der Waals surface area contributed by atoms with Crippen molar-refractivity contribution in [1.82, 2.24) is 0 Å². The molecule has 0 saturated heterocycles. The monoisotopic (exact) mass is 251 g/mol. The number of anilines is 1. The summed E-state index contributed by atoms with van der Waals surface area (Å²) >= 11 is 0. The van der Waals surface area contributed by atoms with E-state index in [0.717, 1.165) is 18.8 Å². The highest BCUT2D eigenvalue weighted by molar-refractivity contribution is 5.79. The number of carbonyl (C=O) groups is 1. The molecule has 0 saturated carbocycles. The van der Waals surface area contributed by atoms with Crippen LogP contribution in [-0.2, 0) is 9.53 Å². The molecule has 18 heavy (non-hydrogen) atoms. The molecule has 0 heterocycles. The van der Waals surface area contributed by atoms with E-state index in [1.165, 1.54) is 0 Å². The van der Waals surface area contributed by atoms with Crippen LogP contribution in [0.25, 0.3) is 0 Å². The number of benzene rings is 1. The van der Waals surface area contributed by atoms with E-state index in [1.54, 1.807) is 13.0 Å². The Morgan fingerprint density at radius 3 is 2.44 bits per heavy atom. The summed E-state index contributed by atoms with van der Waals surface area (Å²) in [7, 11) is 0. The van der Waals surface area contributed by atoms with Crippen LogP contribution in [0.3, 0.4) is 0 Å². The minimum absolute atomic E-state index is 0.267. The van der Waals surface area contributed by atoms with Gasteiger partial charge in [-0.3, -0.25) is 0 Å². The first-order valence-electron chi connectivity index (χ1n) is 6.34. The normalized spacial score (nSPS) is 12.0. The van der Waals surface area contributed by atoms with Gasteiger partial charge < -0.3 is 14.7 Å². The van der Waals surface area contributed by atoms with E-state index in [9.17, 15) is 9.90 Å². The first kappa shape index (κ1) is 14.5. The fourth-order valence-electron chi connectivity index (χ4n) is 1.92. The standard InChI is InChI=1S/C14H21NO3/c1-4-15(5-2)12-10-8-7-9-11(12)13(16)14(17)18-6-3/h7-10,13,16H,4-6H2,1-3H3. The van der Waals surface area contributed by atoms with Crippen LogP contribution in [0, 0.1) is 0 Å². The fourth-order valence-corrected chi connectivity index (χ4v) is 1.92. The topological polar surface area (TPSA) is 49.8 Å². The third-order valence-corrected chi connectivity index (χ3v) is 2.85. The Balaban J connectivity index is 3.04. The highest BCUT2D eigenvalue weighted by Gasteiger charge is 2.22. The van der Waals surface area contributed by atoms with Crippen molar-refractivity contribution < 1.29 is 14.6 Å². The summed E-state index contributed by atoms with van der Waals surface area (Å²) in [5.74, 6) is -0.600. The van der Waals surface area contributed by atoms with Crippen molar-refractivity contribution in [1.29, 1.82) is 0 Å². The molecule has 1 aromatic carbocycles. The van der Waals surface area contributed by atoms with E-state index in [1.807, 2.05) is 32.0 Å². The number of rotatable bonds is 6. The van der Waals surface area contributed by atoms with E-state index in [2.05, 4.69) is 4.90 Å². The van der Waals surface area contributed by atoms with E-state index in [-0.39, 0.29) is 6.61 Å². The lowest BCUT2D eigenvalue weighted by Gasteiger charge is -2.25. The number of carbonyl (C=O) groups excluding carboxylic acids is 1. The molecule has 100 valence electrons. The first-order chi connectivity index (χ1) is 8.65.